The molecule has 1 aromatic heterocycles. The van der Waals surface area contributed by atoms with Crippen LogP contribution in [0.15, 0.2) is 42.5 Å². The molecule has 3 aromatic rings. The average Bonchev–Trinajstić information content (AvgIpc) is 3.14. The molecule has 0 aliphatic carbocycles. The minimum absolute atomic E-state index is 0.165. The van der Waals surface area contributed by atoms with Crippen LogP contribution in [-0.4, -0.2) is 32.7 Å². The van der Waals surface area contributed by atoms with E-state index in [1.807, 2.05) is 26.0 Å². The maximum Gasteiger partial charge on any atom is 0.322 e. The van der Waals surface area contributed by atoms with Crippen molar-refractivity contribution in [2.75, 3.05) is 5.32 Å². The van der Waals surface area contributed by atoms with Gasteiger partial charge in [0.05, 0.1) is 42.0 Å². The molecule has 0 saturated heterocycles. The van der Waals surface area contributed by atoms with Gasteiger partial charge in [0.2, 0.25) is 0 Å². The van der Waals surface area contributed by atoms with Gasteiger partial charge in [0.1, 0.15) is 5.69 Å². The Morgan fingerprint density at radius 2 is 1.97 bits per heavy atom. The van der Waals surface area contributed by atoms with E-state index in [1.165, 1.54) is 0 Å². The summed E-state index contributed by atoms with van der Waals surface area (Å²) in [5.41, 5.74) is 9.79. The molecule has 0 spiro atoms. The number of aromatic nitrogens is 2. The van der Waals surface area contributed by atoms with Crippen molar-refractivity contribution < 1.29 is 9.59 Å². The first-order valence-electron chi connectivity index (χ1n) is 10.0. The molecule has 1 aliphatic heterocycles. The molecule has 8 nitrogen and oxygen atoms in total. The number of amides is 3. The number of carbonyl (C=O) groups excluding carboxylic acids is 2. The zero-order valence-corrected chi connectivity index (χ0v) is 18.3. The number of nitrogens with one attached hydrogen (secondary N) is 1. The number of hydrogen-bond acceptors (Lipinski definition) is 4. The fourth-order valence-corrected chi connectivity index (χ4v) is 3.94. The fraction of sp³-hybridized carbons (Fsp3) is 0.217. The summed E-state index contributed by atoms with van der Waals surface area (Å²) in [7, 11) is 0. The van der Waals surface area contributed by atoms with Gasteiger partial charge < -0.3 is 16.0 Å². The highest BCUT2D eigenvalue weighted by atomic mass is 35.5. The number of nitrogens with two attached hydrogens (primary N) is 1. The second-order valence-corrected chi connectivity index (χ2v) is 8.18. The summed E-state index contributed by atoms with van der Waals surface area (Å²) < 4.78 is 1.75. The van der Waals surface area contributed by atoms with Gasteiger partial charge in [-0.15, -0.1) is 0 Å². The van der Waals surface area contributed by atoms with Gasteiger partial charge in [-0.25, -0.2) is 4.79 Å². The molecule has 1 aliphatic rings. The quantitative estimate of drug-likeness (QED) is 0.631. The smallest absolute Gasteiger partial charge is 0.322 e. The lowest BCUT2D eigenvalue weighted by Gasteiger charge is -2.34. The molecule has 3 amide bonds. The number of halogens is 1. The summed E-state index contributed by atoms with van der Waals surface area (Å²) in [6.07, 6.45) is 0. The Morgan fingerprint density at radius 1 is 1.25 bits per heavy atom. The Balaban J connectivity index is 1.66. The normalized spacial score (nSPS) is 15.1. The molecule has 2 heterocycles. The molecule has 9 heteroatoms. The molecule has 0 bridgehead atoms. The Kier molecular flexibility index (Phi) is 5.59. The summed E-state index contributed by atoms with van der Waals surface area (Å²) in [6.45, 7) is 4.40. The van der Waals surface area contributed by atoms with Crippen molar-refractivity contribution in [3.63, 3.8) is 0 Å². The van der Waals surface area contributed by atoms with Crippen LogP contribution in [0.1, 0.15) is 34.1 Å². The SMILES string of the molecule is Cc1cc(-c2nn3c(c2C(N)=O)CN(C(=O)Nc2ccc(C#N)cc2)C(C)C3)ccc1Cl. The van der Waals surface area contributed by atoms with Crippen LogP contribution in [-0.2, 0) is 13.1 Å². The van der Waals surface area contributed by atoms with Gasteiger partial charge in [0.25, 0.3) is 5.91 Å². The summed E-state index contributed by atoms with van der Waals surface area (Å²) in [6, 6.07) is 13.6. The first kappa shape index (κ1) is 21.4. The maximum absolute atomic E-state index is 13.0. The Hall–Kier alpha value is -3.83. The Bertz CT molecular complexity index is 1260. The number of anilines is 1. The van der Waals surface area contributed by atoms with E-state index in [0.717, 1.165) is 11.1 Å². The van der Waals surface area contributed by atoms with Crippen LogP contribution in [0.5, 0.6) is 0 Å². The largest absolute Gasteiger partial charge is 0.365 e. The molecule has 1 unspecified atom stereocenters. The second-order valence-electron chi connectivity index (χ2n) is 7.78. The van der Waals surface area contributed by atoms with Crippen LogP contribution < -0.4 is 11.1 Å². The van der Waals surface area contributed by atoms with E-state index in [0.29, 0.717) is 39.8 Å². The van der Waals surface area contributed by atoms with Crippen molar-refractivity contribution in [3.05, 3.63) is 69.9 Å². The van der Waals surface area contributed by atoms with Crippen molar-refractivity contribution in [1.82, 2.24) is 14.7 Å². The summed E-state index contributed by atoms with van der Waals surface area (Å²) in [5.74, 6) is -0.601. The van der Waals surface area contributed by atoms with E-state index in [9.17, 15) is 9.59 Å². The zero-order chi connectivity index (χ0) is 23.0. The third-order valence-corrected chi connectivity index (χ3v) is 5.97. The molecule has 3 N–H and O–H groups in total. The maximum atomic E-state index is 13.0. The van der Waals surface area contributed by atoms with Crippen molar-refractivity contribution >= 4 is 29.2 Å². The number of fused-ring (bicyclic) bond motifs is 1. The standard InChI is InChI=1S/C23H21ClN6O2/c1-13-9-16(5-8-18(13)24)21-20(22(26)31)19-12-29(14(2)11-30(19)28-21)23(32)27-17-6-3-15(10-25)4-7-17/h3-9,14H,11-12H2,1-2H3,(H2,26,31)(H,27,32). The number of carbonyl (C=O) groups is 2. The van der Waals surface area contributed by atoms with Crippen LogP contribution in [0.4, 0.5) is 10.5 Å². The van der Waals surface area contributed by atoms with Gasteiger partial charge in [-0.3, -0.25) is 9.48 Å². The first-order valence-corrected chi connectivity index (χ1v) is 10.4. The topological polar surface area (TPSA) is 117 Å². The van der Waals surface area contributed by atoms with Crippen LogP contribution >= 0.6 is 11.6 Å². The van der Waals surface area contributed by atoms with E-state index in [2.05, 4.69) is 10.4 Å². The monoisotopic (exact) mass is 448 g/mol. The van der Waals surface area contributed by atoms with Crippen LogP contribution in [0, 0.1) is 18.3 Å². The molecular weight excluding hydrogens is 428 g/mol. The molecule has 0 fully saturated rings. The molecule has 162 valence electrons. The van der Waals surface area contributed by atoms with E-state index in [4.69, 9.17) is 22.6 Å². The number of aryl methyl sites for hydroxylation is 1. The van der Waals surface area contributed by atoms with Crippen LogP contribution in [0.3, 0.4) is 0 Å². The van der Waals surface area contributed by atoms with Gasteiger partial charge in [-0.2, -0.15) is 10.4 Å². The zero-order valence-electron chi connectivity index (χ0n) is 17.6. The highest BCUT2D eigenvalue weighted by molar-refractivity contribution is 6.31. The summed E-state index contributed by atoms with van der Waals surface area (Å²) in [4.78, 5) is 27.0. The minimum Gasteiger partial charge on any atom is -0.365 e. The van der Waals surface area contributed by atoms with Crippen molar-refractivity contribution in [1.29, 1.82) is 5.26 Å². The Morgan fingerprint density at radius 3 is 2.59 bits per heavy atom. The van der Waals surface area contributed by atoms with E-state index >= 15 is 0 Å². The number of primary amides is 1. The third-order valence-electron chi connectivity index (χ3n) is 5.55. The number of benzene rings is 2. The highest BCUT2D eigenvalue weighted by Crippen LogP contribution is 2.31. The fourth-order valence-electron chi connectivity index (χ4n) is 3.82. The van der Waals surface area contributed by atoms with Gasteiger partial charge in [-0.1, -0.05) is 17.7 Å². The number of hydrogen-bond donors (Lipinski definition) is 2. The van der Waals surface area contributed by atoms with Crippen molar-refractivity contribution in [2.45, 2.75) is 33.0 Å². The lowest BCUT2D eigenvalue weighted by Crippen LogP contribution is -2.47. The predicted molar refractivity (Wildman–Crippen MR) is 121 cm³/mol. The molecule has 0 radical (unpaired) electrons. The number of rotatable bonds is 3. The van der Waals surface area contributed by atoms with Gasteiger partial charge in [-0.05, 0) is 55.8 Å². The first-order chi connectivity index (χ1) is 15.3. The summed E-state index contributed by atoms with van der Waals surface area (Å²) >= 11 is 6.14. The van der Waals surface area contributed by atoms with E-state index in [1.54, 1.807) is 46.0 Å². The Labute approximate surface area is 190 Å². The minimum atomic E-state index is -0.601. The molecule has 2 aromatic carbocycles. The van der Waals surface area contributed by atoms with Crippen molar-refractivity contribution in [3.8, 4) is 17.3 Å². The highest BCUT2D eigenvalue weighted by Gasteiger charge is 2.33. The third kappa shape index (κ3) is 3.90. The lowest BCUT2D eigenvalue weighted by atomic mass is 10.0. The summed E-state index contributed by atoms with van der Waals surface area (Å²) in [5, 5.41) is 17.0. The van der Waals surface area contributed by atoms with Crippen LogP contribution in [0.25, 0.3) is 11.3 Å². The molecule has 1 atom stereocenters. The molecule has 4 rings (SSSR count). The predicted octanol–water partition coefficient (Wildman–Crippen LogP) is 3.92. The van der Waals surface area contributed by atoms with Gasteiger partial charge >= 0.3 is 6.03 Å². The van der Waals surface area contributed by atoms with Crippen LogP contribution in [0.2, 0.25) is 5.02 Å². The van der Waals surface area contributed by atoms with Crippen molar-refractivity contribution in [2.24, 2.45) is 5.73 Å². The molecule has 32 heavy (non-hydrogen) atoms. The van der Waals surface area contributed by atoms with E-state index < -0.39 is 5.91 Å². The number of nitriles is 1. The molecular formula is C23H21ClN6O2. The van der Waals surface area contributed by atoms with E-state index in [-0.39, 0.29) is 18.6 Å². The number of urea groups is 1. The average molecular weight is 449 g/mol. The lowest BCUT2D eigenvalue weighted by molar-refractivity contribution is 0.0995. The second kappa shape index (κ2) is 8.36. The van der Waals surface area contributed by atoms with Gasteiger partial charge in [0.15, 0.2) is 0 Å². The van der Waals surface area contributed by atoms with Gasteiger partial charge in [0, 0.05) is 16.3 Å². The number of nitrogens with zero attached hydrogens (tertiary/aromatic N) is 4. The molecule has 0 saturated carbocycles.